The van der Waals surface area contributed by atoms with Gasteiger partial charge in [-0.3, -0.25) is 14.4 Å². The molecule has 2 rings (SSSR count). The molecule has 0 saturated carbocycles. The fourth-order valence-electron chi connectivity index (χ4n) is 4.15. The van der Waals surface area contributed by atoms with Crippen LogP contribution in [0.5, 0.6) is 5.75 Å². The van der Waals surface area contributed by atoms with Crippen molar-refractivity contribution in [3.63, 3.8) is 0 Å². The molecule has 0 aliphatic heterocycles. The Morgan fingerprint density at radius 3 is 2.32 bits per heavy atom. The van der Waals surface area contributed by atoms with E-state index >= 15 is 0 Å². The van der Waals surface area contributed by atoms with Crippen molar-refractivity contribution in [1.29, 1.82) is 0 Å². The lowest BCUT2D eigenvalue weighted by atomic mass is 9.97. The van der Waals surface area contributed by atoms with Gasteiger partial charge in [0, 0.05) is 17.5 Å². The van der Waals surface area contributed by atoms with Crippen LogP contribution < -0.4 is 32.6 Å². The van der Waals surface area contributed by atoms with E-state index in [0.29, 0.717) is 22.9 Å². The van der Waals surface area contributed by atoms with Gasteiger partial charge in [0.2, 0.25) is 17.7 Å². The van der Waals surface area contributed by atoms with E-state index in [1.807, 2.05) is 0 Å². The average Bonchev–Trinajstić information content (AvgIpc) is 2.91. The SMILES string of the molecule is CC[C@@H](C)[C@H](NC(=O)CNC(=O)Cc1c(C)c2ccc(O)c(C)c2oc1=O)C(=O)N[C@@H](CCCNC(N)=O)C(=O)O. The maximum Gasteiger partial charge on any atom is 0.340 e. The van der Waals surface area contributed by atoms with Crippen LogP contribution in [0, 0.1) is 19.8 Å². The van der Waals surface area contributed by atoms with Crippen LogP contribution in [-0.4, -0.2) is 65.1 Å². The van der Waals surface area contributed by atoms with Gasteiger partial charge in [-0.2, -0.15) is 0 Å². The van der Waals surface area contributed by atoms with E-state index in [0.717, 1.165) is 0 Å². The number of hydrogen-bond donors (Lipinski definition) is 7. The Balaban J connectivity index is 2.02. The Kier molecular flexibility index (Phi) is 11.7. The summed E-state index contributed by atoms with van der Waals surface area (Å²) >= 11 is 0. The first-order chi connectivity index (χ1) is 19.3. The van der Waals surface area contributed by atoms with Gasteiger partial charge in [-0.1, -0.05) is 20.3 Å². The molecule has 14 nitrogen and oxygen atoms in total. The van der Waals surface area contributed by atoms with Crippen LogP contribution in [0.2, 0.25) is 0 Å². The molecule has 2 aromatic rings. The van der Waals surface area contributed by atoms with Gasteiger partial charge in [-0.25, -0.2) is 14.4 Å². The molecule has 41 heavy (non-hydrogen) atoms. The third kappa shape index (κ3) is 8.95. The minimum Gasteiger partial charge on any atom is -0.508 e. The second-order valence-electron chi connectivity index (χ2n) is 9.80. The molecule has 224 valence electrons. The van der Waals surface area contributed by atoms with E-state index in [2.05, 4.69) is 21.3 Å². The number of aromatic hydroxyl groups is 1. The predicted octanol–water partition coefficient (Wildman–Crippen LogP) is 0.323. The Bertz CT molecular complexity index is 1370. The van der Waals surface area contributed by atoms with Gasteiger partial charge in [0.05, 0.1) is 18.5 Å². The van der Waals surface area contributed by atoms with E-state index in [4.69, 9.17) is 10.2 Å². The minimum absolute atomic E-state index is 0.0154. The quantitative estimate of drug-likeness (QED) is 0.121. The summed E-state index contributed by atoms with van der Waals surface area (Å²) in [5.41, 5.74) is 5.46. The van der Waals surface area contributed by atoms with Crippen LogP contribution in [0.15, 0.2) is 21.3 Å². The second kappa shape index (κ2) is 14.7. The maximum atomic E-state index is 12.9. The van der Waals surface area contributed by atoms with Crippen LogP contribution in [-0.2, 0) is 25.6 Å². The number of fused-ring (bicyclic) bond motifs is 1. The van der Waals surface area contributed by atoms with E-state index in [-0.39, 0.29) is 48.6 Å². The summed E-state index contributed by atoms with van der Waals surface area (Å²) < 4.78 is 5.33. The molecular formula is C27H37N5O9. The Morgan fingerprint density at radius 2 is 1.71 bits per heavy atom. The van der Waals surface area contributed by atoms with Crippen molar-refractivity contribution in [2.24, 2.45) is 11.7 Å². The zero-order valence-electron chi connectivity index (χ0n) is 23.5. The number of primary amides is 1. The molecular weight excluding hydrogens is 538 g/mol. The van der Waals surface area contributed by atoms with Crippen LogP contribution in [0.4, 0.5) is 4.79 Å². The van der Waals surface area contributed by atoms with E-state index in [1.165, 1.54) is 6.07 Å². The number of amides is 5. The number of carboxylic acids is 1. The smallest absolute Gasteiger partial charge is 0.340 e. The lowest BCUT2D eigenvalue weighted by Crippen LogP contribution is -2.55. The van der Waals surface area contributed by atoms with Crippen LogP contribution >= 0.6 is 0 Å². The van der Waals surface area contributed by atoms with Crippen molar-refractivity contribution < 1.29 is 38.6 Å². The number of carbonyl (C=O) groups excluding carboxylic acids is 4. The molecule has 0 spiro atoms. The summed E-state index contributed by atoms with van der Waals surface area (Å²) in [5, 5.41) is 29.6. The van der Waals surface area contributed by atoms with Crippen molar-refractivity contribution in [2.45, 2.75) is 65.5 Å². The highest BCUT2D eigenvalue weighted by Gasteiger charge is 2.29. The first kappa shape index (κ1) is 32.6. The molecule has 0 radical (unpaired) electrons. The fourth-order valence-corrected chi connectivity index (χ4v) is 4.15. The lowest BCUT2D eigenvalue weighted by Gasteiger charge is -2.25. The number of carbonyl (C=O) groups is 5. The topological polar surface area (TPSA) is 230 Å². The zero-order valence-corrected chi connectivity index (χ0v) is 23.5. The highest BCUT2D eigenvalue weighted by molar-refractivity contribution is 5.93. The average molecular weight is 576 g/mol. The van der Waals surface area contributed by atoms with Crippen LogP contribution in [0.3, 0.4) is 0 Å². The Hall–Kier alpha value is -4.62. The van der Waals surface area contributed by atoms with Crippen molar-refractivity contribution in [2.75, 3.05) is 13.1 Å². The van der Waals surface area contributed by atoms with Gasteiger partial charge in [0.1, 0.15) is 23.4 Å². The minimum atomic E-state index is -1.28. The van der Waals surface area contributed by atoms with Gasteiger partial charge >= 0.3 is 17.6 Å². The molecule has 1 aromatic carbocycles. The first-order valence-electron chi connectivity index (χ1n) is 13.1. The fraction of sp³-hybridized carbons (Fsp3) is 0.481. The third-order valence-corrected chi connectivity index (χ3v) is 6.85. The summed E-state index contributed by atoms with van der Waals surface area (Å²) in [6, 6.07) is -0.0468. The number of nitrogens with one attached hydrogen (secondary N) is 4. The number of aliphatic carboxylic acids is 1. The summed E-state index contributed by atoms with van der Waals surface area (Å²) in [4.78, 5) is 73.1. The molecule has 0 unspecified atom stereocenters. The number of rotatable bonds is 14. The van der Waals surface area contributed by atoms with Crippen LogP contribution in [0.25, 0.3) is 11.0 Å². The van der Waals surface area contributed by atoms with Crippen molar-refractivity contribution in [3.05, 3.63) is 39.2 Å². The van der Waals surface area contributed by atoms with Gasteiger partial charge < -0.3 is 41.6 Å². The van der Waals surface area contributed by atoms with E-state index in [9.17, 15) is 39.0 Å². The Labute approximate surface area is 236 Å². The molecule has 14 heteroatoms. The molecule has 0 bridgehead atoms. The number of urea groups is 1. The lowest BCUT2D eigenvalue weighted by molar-refractivity contribution is -0.142. The summed E-state index contributed by atoms with van der Waals surface area (Å²) in [7, 11) is 0. The second-order valence-corrected chi connectivity index (χ2v) is 9.80. The summed E-state index contributed by atoms with van der Waals surface area (Å²) in [6.07, 6.45) is 0.377. The highest BCUT2D eigenvalue weighted by Crippen LogP contribution is 2.28. The molecule has 3 atom stereocenters. The largest absolute Gasteiger partial charge is 0.508 e. The van der Waals surface area contributed by atoms with Gasteiger partial charge in [0.25, 0.3) is 0 Å². The van der Waals surface area contributed by atoms with Crippen molar-refractivity contribution in [1.82, 2.24) is 21.3 Å². The monoisotopic (exact) mass is 575 g/mol. The molecule has 1 aromatic heterocycles. The first-order valence-corrected chi connectivity index (χ1v) is 13.1. The molecule has 0 saturated heterocycles. The molecule has 1 heterocycles. The number of nitrogens with two attached hydrogens (primary N) is 1. The van der Waals surface area contributed by atoms with Gasteiger partial charge in [0.15, 0.2) is 0 Å². The normalized spacial score (nSPS) is 13.1. The highest BCUT2D eigenvalue weighted by atomic mass is 16.4. The maximum absolute atomic E-state index is 12.9. The molecule has 0 aliphatic carbocycles. The summed E-state index contributed by atoms with van der Waals surface area (Å²) in [6.45, 7) is 6.39. The molecule has 5 amide bonds. The number of aryl methyl sites for hydroxylation is 2. The third-order valence-electron chi connectivity index (χ3n) is 6.85. The molecule has 0 fully saturated rings. The molecule has 8 N–H and O–H groups in total. The predicted molar refractivity (Wildman–Crippen MR) is 148 cm³/mol. The number of phenolic OH excluding ortho intramolecular Hbond substituents is 1. The van der Waals surface area contributed by atoms with E-state index < -0.39 is 54.0 Å². The number of hydrogen-bond acceptors (Lipinski definition) is 8. The van der Waals surface area contributed by atoms with Crippen molar-refractivity contribution in [3.8, 4) is 5.75 Å². The van der Waals surface area contributed by atoms with Crippen molar-refractivity contribution >= 4 is 40.7 Å². The standard InChI is InChI=1S/C27H37N5O9/c1-5-13(2)22(24(36)31-18(25(37)38)7-6-10-29-27(28)40)32-21(35)12-30-20(34)11-17-14(3)16-8-9-19(33)15(4)23(16)41-26(17)39/h8-9,13,18,22,33H,5-7,10-12H2,1-4H3,(H,30,34)(H,31,36)(H,32,35)(H,37,38)(H3,28,29,40)/t13-,18+,22+/m1/s1. The van der Waals surface area contributed by atoms with E-state index in [1.54, 1.807) is 33.8 Å². The Morgan fingerprint density at radius 1 is 1.02 bits per heavy atom. The summed E-state index contributed by atoms with van der Waals surface area (Å²) in [5.74, 6) is -3.71. The van der Waals surface area contributed by atoms with Gasteiger partial charge in [-0.05, 0) is 50.3 Å². The molecule has 0 aliphatic rings. The number of phenols is 1. The number of carboxylic acid groups (broad SMARTS) is 1. The van der Waals surface area contributed by atoms with Crippen LogP contribution in [0.1, 0.15) is 49.8 Å². The van der Waals surface area contributed by atoms with Gasteiger partial charge in [-0.15, -0.1) is 0 Å². The number of benzene rings is 1. The zero-order chi connectivity index (χ0) is 30.9.